The largest absolute Gasteiger partial charge is 0.374 e. The van der Waals surface area contributed by atoms with E-state index < -0.39 is 0 Å². The minimum Gasteiger partial charge on any atom is -0.374 e. The van der Waals surface area contributed by atoms with E-state index in [1.54, 1.807) is 0 Å². The van der Waals surface area contributed by atoms with Gasteiger partial charge in [-0.2, -0.15) is 0 Å². The first-order valence-corrected chi connectivity index (χ1v) is 7.78. The lowest BCUT2D eigenvalue weighted by atomic mass is 10.1. The van der Waals surface area contributed by atoms with Crippen molar-refractivity contribution in [2.75, 3.05) is 18.5 Å². The van der Waals surface area contributed by atoms with Crippen molar-refractivity contribution >= 4 is 17.3 Å². The molecule has 0 radical (unpaired) electrons. The van der Waals surface area contributed by atoms with Gasteiger partial charge in [-0.1, -0.05) is 25.4 Å². The maximum Gasteiger partial charge on any atom is 0.161 e. The number of halogens is 1. The third kappa shape index (κ3) is 3.03. The van der Waals surface area contributed by atoms with Gasteiger partial charge in [0.15, 0.2) is 5.82 Å². The fourth-order valence-corrected chi connectivity index (χ4v) is 3.03. The van der Waals surface area contributed by atoms with E-state index in [0.29, 0.717) is 11.1 Å². The normalized spacial score (nSPS) is 13.9. The van der Waals surface area contributed by atoms with E-state index in [1.165, 1.54) is 11.3 Å². The van der Waals surface area contributed by atoms with E-state index in [-0.39, 0.29) is 0 Å². The monoisotopic (exact) mass is 301 g/mol. The lowest BCUT2D eigenvalue weighted by Gasteiger charge is -2.12. The highest BCUT2D eigenvalue weighted by molar-refractivity contribution is 6.29. The second-order valence-electron chi connectivity index (χ2n) is 6.12. The van der Waals surface area contributed by atoms with Crippen LogP contribution in [0.25, 0.3) is 11.4 Å². The van der Waals surface area contributed by atoms with Crippen LogP contribution in [-0.2, 0) is 12.8 Å². The molecule has 21 heavy (non-hydrogen) atoms. The number of rotatable bonds is 3. The van der Waals surface area contributed by atoms with Gasteiger partial charge in [-0.3, -0.25) is 0 Å². The van der Waals surface area contributed by atoms with Crippen molar-refractivity contribution < 1.29 is 0 Å². The molecule has 0 unspecified atom stereocenters. The molecule has 0 bridgehead atoms. The van der Waals surface area contributed by atoms with Crippen molar-refractivity contribution in [3.63, 3.8) is 0 Å². The van der Waals surface area contributed by atoms with Gasteiger partial charge in [0.1, 0.15) is 5.15 Å². The second-order valence-corrected chi connectivity index (χ2v) is 6.51. The van der Waals surface area contributed by atoms with E-state index in [2.05, 4.69) is 54.0 Å². The average Bonchev–Trinajstić information content (AvgIpc) is 2.78. The van der Waals surface area contributed by atoms with Crippen LogP contribution in [-0.4, -0.2) is 23.6 Å². The van der Waals surface area contributed by atoms with Crippen LogP contribution in [0.3, 0.4) is 0 Å². The molecule has 0 amide bonds. The van der Waals surface area contributed by atoms with Crippen LogP contribution in [0.1, 0.15) is 25.1 Å². The Balaban J connectivity index is 1.99. The number of fused-ring (bicyclic) bond motifs is 1. The number of benzene rings is 1. The van der Waals surface area contributed by atoms with Gasteiger partial charge in [0.25, 0.3) is 0 Å². The van der Waals surface area contributed by atoms with Crippen molar-refractivity contribution in [1.29, 1.82) is 0 Å². The van der Waals surface area contributed by atoms with Crippen molar-refractivity contribution in [2.24, 2.45) is 5.92 Å². The minimum atomic E-state index is 0.522. The Morgan fingerprint density at radius 2 is 2.05 bits per heavy atom. The maximum atomic E-state index is 6.16. The summed E-state index contributed by atoms with van der Waals surface area (Å²) in [5.41, 5.74) is 4.74. The number of hydrogen-bond acceptors (Lipinski definition) is 3. The quantitative estimate of drug-likeness (QED) is 0.803. The summed E-state index contributed by atoms with van der Waals surface area (Å²) in [6.07, 6.45) is 2.00. The highest BCUT2D eigenvalue weighted by Crippen LogP contribution is 2.30. The molecule has 1 aliphatic heterocycles. The molecule has 0 fully saturated rings. The van der Waals surface area contributed by atoms with E-state index in [1.807, 2.05) is 6.07 Å². The van der Waals surface area contributed by atoms with Crippen molar-refractivity contribution in [3.8, 4) is 11.4 Å². The Morgan fingerprint density at radius 1 is 1.24 bits per heavy atom. The fraction of sp³-hybridized carbons (Fsp3) is 0.412. The zero-order valence-electron chi connectivity index (χ0n) is 12.7. The molecular formula is C17H20ClN3. The van der Waals surface area contributed by atoms with Gasteiger partial charge in [-0.05, 0) is 48.6 Å². The van der Waals surface area contributed by atoms with Gasteiger partial charge in [0.2, 0.25) is 0 Å². The lowest BCUT2D eigenvalue weighted by Crippen LogP contribution is -2.12. The molecule has 0 saturated heterocycles. The van der Waals surface area contributed by atoms with Crippen molar-refractivity contribution in [2.45, 2.75) is 26.7 Å². The van der Waals surface area contributed by atoms with Crippen LogP contribution in [0.4, 0.5) is 5.69 Å². The zero-order valence-corrected chi connectivity index (χ0v) is 13.5. The van der Waals surface area contributed by atoms with Crippen LogP contribution < -0.4 is 4.90 Å². The Hall–Kier alpha value is -1.61. The van der Waals surface area contributed by atoms with E-state index in [4.69, 9.17) is 11.6 Å². The third-order valence-electron chi connectivity index (χ3n) is 3.83. The summed E-state index contributed by atoms with van der Waals surface area (Å²) < 4.78 is 0. The standard InChI is InChI=1S/C17H20ClN3/c1-11(2)8-14-10-16(18)20-17(19-14)13-4-5-15-12(9-13)6-7-21(15)3/h4-5,9-11H,6-8H2,1-3H3. The third-order valence-corrected chi connectivity index (χ3v) is 4.02. The smallest absolute Gasteiger partial charge is 0.161 e. The van der Waals surface area contributed by atoms with Crippen LogP contribution in [0.15, 0.2) is 24.3 Å². The second kappa shape index (κ2) is 5.64. The first-order chi connectivity index (χ1) is 10.0. The maximum absolute atomic E-state index is 6.16. The molecule has 0 aliphatic carbocycles. The molecule has 0 atom stereocenters. The van der Waals surface area contributed by atoms with E-state index >= 15 is 0 Å². The summed E-state index contributed by atoms with van der Waals surface area (Å²) in [4.78, 5) is 11.4. The lowest BCUT2D eigenvalue weighted by molar-refractivity contribution is 0.634. The Labute approximate surface area is 131 Å². The molecule has 1 aromatic heterocycles. The Morgan fingerprint density at radius 3 is 2.81 bits per heavy atom. The number of nitrogens with zero attached hydrogens (tertiary/aromatic N) is 3. The van der Waals surface area contributed by atoms with E-state index in [0.717, 1.165) is 36.5 Å². The molecule has 0 saturated carbocycles. The molecule has 2 heterocycles. The Bertz CT molecular complexity index is 667. The van der Waals surface area contributed by atoms with Gasteiger partial charge in [0, 0.05) is 30.5 Å². The van der Waals surface area contributed by atoms with Crippen molar-refractivity contribution in [1.82, 2.24) is 9.97 Å². The molecule has 3 rings (SSSR count). The molecule has 1 aliphatic rings. The summed E-state index contributed by atoms with van der Waals surface area (Å²) in [5, 5.41) is 0.522. The summed E-state index contributed by atoms with van der Waals surface area (Å²) in [5.74, 6) is 1.29. The number of likely N-dealkylation sites (N-methyl/N-ethyl adjacent to an activating group) is 1. The van der Waals surface area contributed by atoms with Crippen LogP contribution >= 0.6 is 11.6 Å². The Kier molecular flexibility index (Phi) is 3.85. The SMILES string of the molecule is CC(C)Cc1cc(Cl)nc(-c2ccc3c(c2)CCN3C)n1. The average molecular weight is 302 g/mol. The zero-order chi connectivity index (χ0) is 15.0. The molecule has 2 aromatic rings. The highest BCUT2D eigenvalue weighted by atomic mass is 35.5. The fourth-order valence-electron chi connectivity index (χ4n) is 2.82. The van der Waals surface area contributed by atoms with Crippen molar-refractivity contribution in [3.05, 3.63) is 40.7 Å². The predicted molar refractivity (Wildman–Crippen MR) is 88.0 cm³/mol. The predicted octanol–water partition coefficient (Wildman–Crippen LogP) is 3.99. The number of aromatic nitrogens is 2. The first kappa shape index (κ1) is 14.3. The van der Waals surface area contributed by atoms with Crippen LogP contribution in [0.5, 0.6) is 0 Å². The minimum absolute atomic E-state index is 0.522. The molecule has 4 heteroatoms. The summed E-state index contributed by atoms with van der Waals surface area (Å²) in [6.45, 7) is 5.44. The van der Waals surface area contributed by atoms with Gasteiger partial charge < -0.3 is 4.90 Å². The molecule has 110 valence electrons. The first-order valence-electron chi connectivity index (χ1n) is 7.41. The molecule has 0 spiro atoms. The topological polar surface area (TPSA) is 29.0 Å². The molecule has 3 nitrogen and oxygen atoms in total. The van der Waals surface area contributed by atoms with Crippen LogP contribution in [0, 0.1) is 5.92 Å². The van der Waals surface area contributed by atoms with E-state index in [9.17, 15) is 0 Å². The molecule has 1 aromatic carbocycles. The van der Waals surface area contributed by atoms with Gasteiger partial charge in [0.05, 0.1) is 0 Å². The highest BCUT2D eigenvalue weighted by Gasteiger charge is 2.17. The molecule has 0 N–H and O–H groups in total. The van der Waals surface area contributed by atoms with Gasteiger partial charge in [-0.25, -0.2) is 9.97 Å². The van der Waals surface area contributed by atoms with Gasteiger partial charge >= 0.3 is 0 Å². The number of hydrogen-bond donors (Lipinski definition) is 0. The van der Waals surface area contributed by atoms with Crippen LogP contribution in [0.2, 0.25) is 5.15 Å². The molecular weight excluding hydrogens is 282 g/mol. The van der Waals surface area contributed by atoms with Gasteiger partial charge in [-0.15, -0.1) is 0 Å². The summed E-state index contributed by atoms with van der Waals surface area (Å²) in [7, 11) is 2.13. The summed E-state index contributed by atoms with van der Waals surface area (Å²) >= 11 is 6.16. The summed E-state index contributed by atoms with van der Waals surface area (Å²) in [6, 6.07) is 8.31. The number of anilines is 1.